The Bertz CT molecular complexity index is 3740. The van der Waals surface area contributed by atoms with E-state index in [0.717, 1.165) is 61.0 Å². The number of fused-ring (bicyclic) bond motifs is 13. The van der Waals surface area contributed by atoms with Crippen LogP contribution < -0.4 is 0 Å². The van der Waals surface area contributed by atoms with Crippen LogP contribution in [0.2, 0.25) is 0 Å². The quantitative estimate of drug-likeness (QED) is 0.180. The van der Waals surface area contributed by atoms with Crippen LogP contribution in [0.15, 0.2) is 199 Å². The van der Waals surface area contributed by atoms with E-state index in [-0.39, 0.29) is 0 Å². The molecule has 274 valence electrons. The molecule has 0 radical (unpaired) electrons. The van der Waals surface area contributed by atoms with Crippen molar-refractivity contribution in [2.45, 2.75) is 0 Å². The number of aromatic nitrogens is 4. The minimum atomic E-state index is 0.552. The van der Waals surface area contributed by atoms with E-state index in [1.165, 1.54) is 48.6 Å². The van der Waals surface area contributed by atoms with Gasteiger partial charge in [0, 0.05) is 38.2 Å². The smallest absolute Gasteiger partial charge is 0.238 e. The summed E-state index contributed by atoms with van der Waals surface area (Å²) in [6, 6.07) is 69.0. The maximum absolute atomic E-state index is 6.76. The first-order chi connectivity index (χ1) is 29.3. The fourth-order valence-electron chi connectivity index (χ4n) is 9.62. The molecule has 59 heavy (non-hydrogen) atoms. The van der Waals surface area contributed by atoms with Crippen LogP contribution in [-0.4, -0.2) is 19.1 Å². The first-order valence-corrected chi connectivity index (χ1v) is 20.0. The maximum atomic E-state index is 6.76. The molecule has 9 aromatic carbocycles. The normalized spacial score (nSPS) is 12.1. The van der Waals surface area contributed by atoms with Crippen LogP contribution >= 0.6 is 0 Å². The van der Waals surface area contributed by atoms with Gasteiger partial charge in [0.1, 0.15) is 5.58 Å². The highest BCUT2D eigenvalue weighted by atomic mass is 16.3. The monoisotopic (exact) mass is 752 g/mol. The Balaban J connectivity index is 1.09. The lowest BCUT2D eigenvalue weighted by molar-refractivity contribution is 0.651. The van der Waals surface area contributed by atoms with Gasteiger partial charge in [0.2, 0.25) is 11.7 Å². The Labute approximate surface area is 337 Å². The molecule has 0 fully saturated rings. The summed E-state index contributed by atoms with van der Waals surface area (Å²) in [5, 5.41) is 11.5. The molecule has 0 amide bonds. The number of nitrogens with zero attached hydrogens (tertiary/aromatic N) is 4. The van der Waals surface area contributed by atoms with E-state index in [9.17, 15) is 0 Å². The summed E-state index contributed by atoms with van der Waals surface area (Å²) in [4.78, 5) is 10.8. The molecule has 0 spiro atoms. The zero-order chi connectivity index (χ0) is 38.6. The van der Waals surface area contributed by atoms with Gasteiger partial charge in [0.05, 0.1) is 33.1 Å². The second kappa shape index (κ2) is 12.2. The van der Waals surface area contributed by atoms with Gasteiger partial charge in [0.15, 0.2) is 0 Å². The second-order valence-electron chi connectivity index (χ2n) is 15.3. The summed E-state index contributed by atoms with van der Waals surface area (Å²) in [6.07, 6.45) is 0. The molecule has 0 atom stereocenters. The van der Waals surface area contributed by atoms with Gasteiger partial charge in [0.25, 0.3) is 0 Å². The Morgan fingerprint density at radius 1 is 0.373 bits per heavy atom. The molecule has 4 heterocycles. The SMILES string of the molecule is c1ccc(-c2nc(-n3c4ccc5ccccc5c4c4c5ccccc5ccc43)nc3oc4ccc(-c5cccc6c5c5ccccc5n6-c5ccccc5)cc4c23)cc1. The van der Waals surface area contributed by atoms with Crippen LogP contribution in [0.1, 0.15) is 0 Å². The average molecular weight is 753 g/mol. The highest BCUT2D eigenvalue weighted by molar-refractivity contribution is 6.28. The summed E-state index contributed by atoms with van der Waals surface area (Å²) in [5.41, 5.74) is 11.0. The van der Waals surface area contributed by atoms with Crippen molar-refractivity contribution in [1.29, 1.82) is 0 Å². The lowest BCUT2D eigenvalue weighted by atomic mass is 9.97. The van der Waals surface area contributed by atoms with E-state index in [0.29, 0.717) is 11.7 Å². The van der Waals surface area contributed by atoms with E-state index in [1.807, 2.05) is 6.07 Å². The van der Waals surface area contributed by atoms with Crippen molar-refractivity contribution < 1.29 is 4.42 Å². The molecule has 0 N–H and O–H groups in total. The van der Waals surface area contributed by atoms with Crippen molar-refractivity contribution in [3.05, 3.63) is 194 Å². The van der Waals surface area contributed by atoms with E-state index in [1.54, 1.807) is 0 Å². The van der Waals surface area contributed by atoms with Crippen LogP contribution in [0, 0.1) is 0 Å². The average Bonchev–Trinajstić information content (AvgIpc) is 3.97. The molecule has 0 aliphatic rings. The highest BCUT2D eigenvalue weighted by Gasteiger charge is 2.24. The number of hydrogen-bond donors (Lipinski definition) is 0. The number of benzene rings is 9. The van der Waals surface area contributed by atoms with Crippen LogP contribution in [0.3, 0.4) is 0 Å². The molecule has 4 aromatic heterocycles. The first-order valence-electron chi connectivity index (χ1n) is 20.0. The molecular weight excluding hydrogens is 721 g/mol. The molecule has 0 unspecified atom stereocenters. The molecular formula is C54H32N4O. The third-order valence-electron chi connectivity index (χ3n) is 12.1. The Hall–Kier alpha value is -8.02. The maximum Gasteiger partial charge on any atom is 0.238 e. The molecule has 0 aliphatic heterocycles. The predicted molar refractivity (Wildman–Crippen MR) is 244 cm³/mol. The molecule has 5 heteroatoms. The van der Waals surface area contributed by atoms with Crippen molar-refractivity contribution in [3.63, 3.8) is 0 Å². The second-order valence-corrected chi connectivity index (χ2v) is 15.3. The third kappa shape index (κ3) is 4.61. The fourth-order valence-corrected chi connectivity index (χ4v) is 9.62. The lowest BCUT2D eigenvalue weighted by Gasteiger charge is -2.10. The molecule has 0 saturated heterocycles. The fraction of sp³-hybridized carbons (Fsp3) is 0. The first kappa shape index (κ1) is 32.1. The standard InChI is InChI=1S/C54H32N4O/c1-3-16-35(17-4-1)52-51-42-32-36(40-23-13-25-44-48(40)41-22-11-12-24-43(41)57(44)37-18-5-2-6-19-37)28-31-47(42)59-53(51)56-54(55-52)58-45-29-26-33-14-7-9-20-38(33)49(45)50-39-21-10-8-15-34(39)27-30-46(50)58/h1-32H. The summed E-state index contributed by atoms with van der Waals surface area (Å²) in [6.45, 7) is 0. The summed E-state index contributed by atoms with van der Waals surface area (Å²) < 4.78 is 11.3. The molecule has 0 aliphatic carbocycles. The van der Waals surface area contributed by atoms with Crippen LogP contribution in [0.4, 0.5) is 0 Å². The van der Waals surface area contributed by atoms with Crippen molar-refractivity contribution in [1.82, 2.24) is 19.1 Å². The molecule has 13 rings (SSSR count). The van der Waals surface area contributed by atoms with E-state index >= 15 is 0 Å². The Morgan fingerprint density at radius 3 is 1.71 bits per heavy atom. The van der Waals surface area contributed by atoms with Gasteiger partial charge in [-0.25, -0.2) is 4.98 Å². The third-order valence-corrected chi connectivity index (χ3v) is 12.1. The van der Waals surface area contributed by atoms with Crippen molar-refractivity contribution in [2.75, 3.05) is 0 Å². The van der Waals surface area contributed by atoms with Gasteiger partial charge in [-0.15, -0.1) is 0 Å². The van der Waals surface area contributed by atoms with Gasteiger partial charge in [-0.05, 0) is 81.2 Å². The van der Waals surface area contributed by atoms with Crippen LogP contribution in [0.25, 0.3) is 121 Å². The Kier molecular flexibility index (Phi) is 6.66. The van der Waals surface area contributed by atoms with Crippen molar-refractivity contribution in [2.24, 2.45) is 0 Å². The number of rotatable bonds is 4. The van der Waals surface area contributed by atoms with Gasteiger partial charge in [-0.1, -0.05) is 146 Å². The van der Waals surface area contributed by atoms with Crippen molar-refractivity contribution in [3.8, 4) is 34.0 Å². The zero-order valence-electron chi connectivity index (χ0n) is 31.7. The number of para-hydroxylation sites is 2. The molecule has 0 bridgehead atoms. The molecule has 5 nitrogen and oxygen atoms in total. The van der Waals surface area contributed by atoms with E-state index < -0.39 is 0 Å². The van der Waals surface area contributed by atoms with Gasteiger partial charge < -0.3 is 8.98 Å². The van der Waals surface area contributed by atoms with E-state index in [2.05, 4.69) is 197 Å². The van der Waals surface area contributed by atoms with E-state index in [4.69, 9.17) is 14.4 Å². The number of hydrogen-bond acceptors (Lipinski definition) is 3. The summed E-state index contributed by atoms with van der Waals surface area (Å²) >= 11 is 0. The Morgan fingerprint density at radius 2 is 0.983 bits per heavy atom. The topological polar surface area (TPSA) is 48.8 Å². The minimum Gasteiger partial charge on any atom is -0.437 e. The minimum absolute atomic E-state index is 0.552. The van der Waals surface area contributed by atoms with Crippen LogP contribution in [-0.2, 0) is 0 Å². The number of furan rings is 1. The highest BCUT2D eigenvalue weighted by Crippen LogP contribution is 2.44. The van der Waals surface area contributed by atoms with Gasteiger partial charge in [-0.2, -0.15) is 4.98 Å². The lowest BCUT2D eigenvalue weighted by Crippen LogP contribution is -2.02. The predicted octanol–water partition coefficient (Wildman–Crippen LogP) is 14.2. The van der Waals surface area contributed by atoms with Crippen LogP contribution in [0.5, 0.6) is 0 Å². The molecule has 13 aromatic rings. The summed E-state index contributed by atoms with van der Waals surface area (Å²) in [5.74, 6) is 0.569. The summed E-state index contributed by atoms with van der Waals surface area (Å²) in [7, 11) is 0. The van der Waals surface area contributed by atoms with Gasteiger partial charge >= 0.3 is 0 Å². The molecule has 0 saturated carbocycles. The largest absolute Gasteiger partial charge is 0.437 e. The van der Waals surface area contributed by atoms with Gasteiger partial charge in [-0.3, -0.25) is 4.57 Å². The zero-order valence-corrected chi connectivity index (χ0v) is 31.7. The van der Waals surface area contributed by atoms with Crippen molar-refractivity contribution >= 4 is 87.2 Å².